The third kappa shape index (κ3) is 2.92. The molecule has 0 fully saturated rings. The Balaban J connectivity index is 1.93. The van der Waals surface area contributed by atoms with Gasteiger partial charge >= 0.3 is 0 Å². The van der Waals surface area contributed by atoms with E-state index in [-0.39, 0.29) is 5.75 Å². The average Bonchev–Trinajstić information content (AvgIpc) is 3.00. The minimum absolute atomic E-state index is 0.208. The summed E-state index contributed by atoms with van der Waals surface area (Å²) in [4.78, 5) is 4.39. The van der Waals surface area contributed by atoms with Gasteiger partial charge in [-0.3, -0.25) is 0 Å². The van der Waals surface area contributed by atoms with Crippen LogP contribution in [0.3, 0.4) is 0 Å². The van der Waals surface area contributed by atoms with Crippen molar-refractivity contribution in [1.82, 2.24) is 10.1 Å². The van der Waals surface area contributed by atoms with Gasteiger partial charge in [0, 0.05) is 11.1 Å². The average molecular weight is 392 g/mol. The molecule has 0 saturated carbocycles. The Labute approximate surface area is 136 Å². The normalized spacial score (nSPS) is 10.8. The maximum Gasteiger partial charge on any atom is 0.258 e. The highest BCUT2D eigenvalue weighted by molar-refractivity contribution is 14.1. The van der Waals surface area contributed by atoms with Crippen LogP contribution in [0.4, 0.5) is 0 Å². The maximum absolute atomic E-state index is 9.75. The van der Waals surface area contributed by atoms with E-state index in [2.05, 4.69) is 51.8 Å². The third-order valence-electron chi connectivity index (χ3n) is 3.24. The summed E-state index contributed by atoms with van der Waals surface area (Å²) in [5, 5.41) is 13.7. The fourth-order valence-electron chi connectivity index (χ4n) is 1.99. The van der Waals surface area contributed by atoms with Crippen molar-refractivity contribution >= 4 is 22.6 Å². The number of aryl methyl sites for hydroxylation is 1. The van der Waals surface area contributed by atoms with Gasteiger partial charge in [-0.2, -0.15) is 4.98 Å². The first-order valence-electron chi connectivity index (χ1n) is 6.59. The summed E-state index contributed by atoms with van der Waals surface area (Å²) in [5.74, 6) is 1.15. The summed E-state index contributed by atoms with van der Waals surface area (Å²) in [7, 11) is 0. The van der Waals surface area contributed by atoms with Crippen LogP contribution in [0.1, 0.15) is 12.5 Å². The fourth-order valence-corrected chi connectivity index (χ4v) is 2.33. The minimum atomic E-state index is 0.208. The smallest absolute Gasteiger partial charge is 0.258 e. The highest BCUT2D eigenvalue weighted by Crippen LogP contribution is 2.28. The number of benzene rings is 2. The van der Waals surface area contributed by atoms with Crippen LogP contribution in [-0.2, 0) is 6.42 Å². The summed E-state index contributed by atoms with van der Waals surface area (Å²) < 4.78 is 6.07. The lowest BCUT2D eigenvalue weighted by Gasteiger charge is -1.98. The van der Waals surface area contributed by atoms with Crippen molar-refractivity contribution in [2.45, 2.75) is 13.3 Å². The monoisotopic (exact) mass is 392 g/mol. The molecule has 0 bridgehead atoms. The van der Waals surface area contributed by atoms with Gasteiger partial charge < -0.3 is 9.63 Å². The second kappa shape index (κ2) is 5.85. The molecule has 0 aliphatic rings. The highest BCUT2D eigenvalue weighted by atomic mass is 127. The summed E-state index contributed by atoms with van der Waals surface area (Å²) >= 11 is 2.06. The molecular weight excluding hydrogens is 379 g/mol. The van der Waals surface area contributed by atoms with Crippen LogP contribution in [0.2, 0.25) is 0 Å². The van der Waals surface area contributed by atoms with Crippen molar-refractivity contribution in [1.29, 1.82) is 0 Å². The summed E-state index contributed by atoms with van der Waals surface area (Å²) in [6, 6.07) is 13.4. The molecule has 4 nitrogen and oxygen atoms in total. The predicted molar refractivity (Wildman–Crippen MR) is 88.9 cm³/mol. The van der Waals surface area contributed by atoms with E-state index < -0.39 is 0 Å². The van der Waals surface area contributed by atoms with Crippen LogP contribution in [-0.4, -0.2) is 15.2 Å². The molecule has 0 amide bonds. The van der Waals surface area contributed by atoms with Gasteiger partial charge in [-0.05, 0) is 52.8 Å². The zero-order valence-corrected chi connectivity index (χ0v) is 13.5. The Morgan fingerprint density at radius 2 is 1.81 bits per heavy atom. The van der Waals surface area contributed by atoms with E-state index in [9.17, 15) is 5.11 Å². The third-order valence-corrected chi connectivity index (χ3v) is 4.15. The number of phenolic OH excluding ortho intramolecular Hbond substituents is 1. The number of hydrogen-bond acceptors (Lipinski definition) is 4. The van der Waals surface area contributed by atoms with E-state index in [4.69, 9.17) is 4.52 Å². The summed E-state index contributed by atoms with van der Waals surface area (Å²) in [5.41, 5.74) is 2.89. The van der Waals surface area contributed by atoms with E-state index in [1.54, 1.807) is 6.07 Å². The zero-order valence-electron chi connectivity index (χ0n) is 11.4. The molecule has 1 aromatic heterocycles. The first-order chi connectivity index (χ1) is 10.2. The van der Waals surface area contributed by atoms with Crippen molar-refractivity contribution < 1.29 is 9.63 Å². The molecule has 5 heteroatoms. The molecule has 0 atom stereocenters. The van der Waals surface area contributed by atoms with Crippen LogP contribution >= 0.6 is 22.6 Å². The number of aromatic nitrogens is 2. The molecule has 21 heavy (non-hydrogen) atoms. The van der Waals surface area contributed by atoms with Crippen molar-refractivity contribution in [3.63, 3.8) is 0 Å². The quantitative estimate of drug-likeness (QED) is 0.677. The van der Waals surface area contributed by atoms with Crippen LogP contribution in [0.15, 0.2) is 47.0 Å². The highest BCUT2D eigenvalue weighted by Gasteiger charge is 2.12. The number of rotatable bonds is 3. The topological polar surface area (TPSA) is 59.2 Å². The Kier molecular flexibility index (Phi) is 3.92. The maximum atomic E-state index is 9.75. The molecule has 0 saturated heterocycles. The Morgan fingerprint density at radius 3 is 2.48 bits per heavy atom. The van der Waals surface area contributed by atoms with E-state index >= 15 is 0 Å². The van der Waals surface area contributed by atoms with E-state index in [1.807, 2.05) is 24.3 Å². The van der Waals surface area contributed by atoms with Gasteiger partial charge in [0.05, 0.1) is 3.57 Å². The van der Waals surface area contributed by atoms with Gasteiger partial charge in [0.1, 0.15) is 5.75 Å². The van der Waals surface area contributed by atoms with Crippen LogP contribution in [0, 0.1) is 3.57 Å². The minimum Gasteiger partial charge on any atom is -0.507 e. The van der Waals surface area contributed by atoms with E-state index in [0.29, 0.717) is 17.3 Å². The molecule has 1 heterocycles. The van der Waals surface area contributed by atoms with Crippen molar-refractivity contribution in [2.24, 2.45) is 0 Å². The molecule has 3 rings (SSSR count). The lowest BCUT2D eigenvalue weighted by molar-refractivity contribution is 0.431. The van der Waals surface area contributed by atoms with Crippen LogP contribution in [0.5, 0.6) is 5.75 Å². The Morgan fingerprint density at radius 1 is 1.10 bits per heavy atom. The number of halogens is 1. The first-order valence-corrected chi connectivity index (χ1v) is 7.67. The van der Waals surface area contributed by atoms with E-state index in [1.165, 1.54) is 5.56 Å². The van der Waals surface area contributed by atoms with Crippen molar-refractivity contribution in [3.05, 3.63) is 51.6 Å². The largest absolute Gasteiger partial charge is 0.507 e. The molecular formula is C16H13IN2O2. The fraction of sp³-hybridized carbons (Fsp3) is 0.125. The Bertz CT molecular complexity index is 766. The van der Waals surface area contributed by atoms with Crippen molar-refractivity contribution in [3.8, 4) is 28.6 Å². The van der Waals surface area contributed by atoms with Crippen molar-refractivity contribution in [2.75, 3.05) is 0 Å². The van der Waals surface area contributed by atoms with Gasteiger partial charge in [-0.1, -0.05) is 36.3 Å². The summed E-state index contributed by atoms with van der Waals surface area (Å²) in [6.45, 7) is 2.12. The molecule has 0 aliphatic heterocycles. The van der Waals surface area contributed by atoms with Gasteiger partial charge in [-0.15, -0.1) is 0 Å². The molecule has 0 aliphatic carbocycles. The van der Waals surface area contributed by atoms with Crippen LogP contribution in [0.25, 0.3) is 22.8 Å². The lowest BCUT2D eigenvalue weighted by atomic mass is 10.1. The second-order valence-electron chi connectivity index (χ2n) is 4.64. The molecule has 1 N–H and O–H groups in total. The van der Waals surface area contributed by atoms with Gasteiger partial charge in [0.2, 0.25) is 5.82 Å². The summed E-state index contributed by atoms with van der Waals surface area (Å²) in [6.07, 6.45) is 1.000. The SMILES string of the molecule is CCc1ccc(-c2noc(-c3ccc(I)c(O)c3)n2)cc1. The van der Waals surface area contributed by atoms with Gasteiger partial charge in [0.25, 0.3) is 5.89 Å². The molecule has 0 spiro atoms. The molecule has 3 aromatic rings. The number of nitrogens with zero attached hydrogens (tertiary/aromatic N) is 2. The molecule has 0 unspecified atom stereocenters. The predicted octanol–water partition coefficient (Wildman–Crippen LogP) is 4.28. The van der Waals surface area contributed by atoms with Gasteiger partial charge in [0.15, 0.2) is 0 Å². The Hall–Kier alpha value is -1.89. The second-order valence-corrected chi connectivity index (χ2v) is 5.80. The van der Waals surface area contributed by atoms with E-state index in [0.717, 1.165) is 15.6 Å². The molecule has 2 aromatic carbocycles. The molecule has 106 valence electrons. The number of aromatic hydroxyl groups is 1. The lowest BCUT2D eigenvalue weighted by Crippen LogP contribution is -1.84. The van der Waals surface area contributed by atoms with Crippen LogP contribution < -0.4 is 0 Å². The first kappa shape index (κ1) is 14.1. The standard InChI is InChI=1S/C16H13IN2O2/c1-2-10-3-5-11(6-4-10)15-18-16(21-19-15)12-7-8-13(17)14(20)9-12/h3-9,20H,2H2,1H3. The molecule has 0 radical (unpaired) electrons. The number of phenols is 1. The van der Waals surface area contributed by atoms with Gasteiger partial charge in [-0.25, -0.2) is 0 Å². The zero-order chi connectivity index (χ0) is 14.8. The number of hydrogen-bond donors (Lipinski definition) is 1.